The van der Waals surface area contributed by atoms with Gasteiger partial charge in [-0.15, -0.1) is 0 Å². The number of nitrogens with zero attached hydrogens (tertiary/aromatic N) is 1. The Kier molecular flexibility index (Phi) is 10.1. The van der Waals surface area contributed by atoms with Crippen molar-refractivity contribution in [1.82, 2.24) is 4.98 Å². The summed E-state index contributed by atoms with van der Waals surface area (Å²) in [5.41, 5.74) is 0.540. The predicted octanol–water partition coefficient (Wildman–Crippen LogP) is 0.723. The Labute approximate surface area is 244 Å². The summed E-state index contributed by atoms with van der Waals surface area (Å²) in [6, 6.07) is 11.5. The number of methoxy groups -OCH3 is 1. The highest BCUT2D eigenvalue weighted by Crippen LogP contribution is 2.32. The van der Waals surface area contributed by atoms with E-state index in [0.717, 1.165) is 17.0 Å². The van der Waals surface area contributed by atoms with Crippen molar-refractivity contribution in [2.75, 3.05) is 13.7 Å². The van der Waals surface area contributed by atoms with E-state index in [2.05, 4.69) is 14.4 Å². The molecule has 2 heterocycles. The number of aliphatic hydroxyl groups excluding tert-OH is 3. The molecule has 1 aromatic heterocycles. The number of nitrogens with one attached hydrogen (secondary N) is 1. The number of carbonyl (C=O) groups excluding carboxylic acids is 1. The molecule has 0 bridgehead atoms. The van der Waals surface area contributed by atoms with Gasteiger partial charge in [0.2, 0.25) is 0 Å². The number of aromatic nitrogens is 1. The van der Waals surface area contributed by atoms with Gasteiger partial charge in [0, 0.05) is 29.6 Å². The standard InChI is InChI=1S/C26H28N2O12S2/c1-37-19-8-6-14(10-18(19)29)7-9-22(30)38-13-20-23(31)24(32)25(33)26(39-20)41-21(28-40-42(34,35)36)11-15-12-27-17-5-3-2-4-16(15)17/h2-10,12,20,23-27,29,31-33H,11,13H2,1H3,(H,34,35,36)/p-1/b9-7+,28-21+/t20-,23-,24+,25-,26+/m1/s1. The summed E-state index contributed by atoms with van der Waals surface area (Å²) in [5.74, 6) is -1.08. The van der Waals surface area contributed by atoms with E-state index in [0.29, 0.717) is 22.9 Å². The van der Waals surface area contributed by atoms with E-state index in [1.807, 2.05) is 18.2 Å². The van der Waals surface area contributed by atoms with Crippen LogP contribution in [-0.2, 0) is 35.4 Å². The van der Waals surface area contributed by atoms with Crippen LogP contribution in [0.2, 0.25) is 0 Å². The number of rotatable bonds is 10. The molecule has 4 rings (SSSR count). The number of benzene rings is 2. The number of oxime groups is 1. The highest BCUT2D eigenvalue weighted by molar-refractivity contribution is 8.14. The monoisotopic (exact) mass is 623 g/mol. The zero-order valence-electron chi connectivity index (χ0n) is 21.9. The largest absolute Gasteiger partial charge is 0.870 e. The van der Waals surface area contributed by atoms with E-state index in [9.17, 15) is 33.6 Å². The second-order valence-corrected chi connectivity index (χ2v) is 11.2. The molecule has 0 amide bonds. The van der Waals surface area contributed by atoms with Gasteiger partial charge in [-0.3, -0.25) is 4.55 Å². The summed E-state index contributed by atoms with van der Waals surface area (Å²) in [5, 5.41) is 47.5. The summed E-state index contributed by atoms with van der Waals surface area (Å²) in [4.78, 5) is 15.3. The average Bonchev–Trinajstić information content (AvgIpc) is 3.36. The van der Waals surface area contributed by atoms with Gasteiger partial charge in [0.25, 0.3) is 0 Å². The second-order valence-electron chi connectivity index (χ2n) is 9.03. The molecule has 1 aliphatic rings. The van der Waals surface area contributed by atoms with E-state index in [4.69, 9.17) is 18.8 Å². The van der Waals surface area contributed by atoms with Gasteiger partial charge in [-0.2, -0.15) is 8.42 Å². The molecule has 1 saturated heterocycles. The highest BCUT2D eigenvalue weighted by atomic mass is 32.3. The first-order chi connectivity index (χ1) is 19.9. The molecule has 5 N–H and O–H groups in total. The van der Waals surface area contributed by atoms with E-state index < -0.39 is 52.8 Å². The lowest BCUT2D eigenvalue weighted by atomic mass is 10.0. The molecule has 3 aromatic rings. The first-order valence-corrected chi connectivity index (χ1v) is 14.5. The third-order valence-electron chi connectivity index (χ3n) is 6.16. The number of para-hydroxylation sites is 1. The van der Waals surface area contributed by atoms with Crippen molar-refractivity contribution in [3.8, 4) is 11.5 Å². The number of carbonyl (C=O) groups is 1. The molecule has 5 atom stereocenters. The van der Waals surface area contributed by atoms with Crippen LogP contribution in [0.15, 0.2) is 59.9 Å². The summed E-state index contributed by atoms with van der Waals surface area (Å²) in [6.45, 7) is -0.531. The Morgan fingerprint density at radius 1 is 1.17 bits per heavy atom. The topological polar surface area (TPSA) is 220 Å². The zero-order valence-corrected chi connectivity index (χ0v) is 23.5. The number of fused-ring (bicyclic) bond motifs is 1. The zero-order chi connectivity index (χ0) is 30.4. The van der Waals surface area contributed by atoms with Crippen molar-refractivity contribution in [2.24, 2.45) is 5.16 Å². The van der Waals surface area contributed by atoms with Crippen molar-refractivity contribution in [3.05, 3.63) is 65.9 Å². The second kappa shape index (κ2) is 13.6. The van der Waals surface area contributed by atoms with E-state index in [1.165, 1.54) is 25.3 Å². The molecule has 0 aliphatic carbocycles. The van der Waals surface area contributed by atoms with Gasteiger partial charge in [0.05, 0.1) is 7.11 Å². The van der Waals surface area contributed by atoms with Crippen LogP contribution in [0.25, 0.3) is 17.0 Å². The molecular formula is C26H27N2O12S2-. The van der Waals surface area contributed by atoms with Crippen molar-refractivity contribution < 1.29 is 56.7 Å². The molecule has 16 heteroatoms. The fourth-order valence-electron chi connectivity index (χ4n) is 4.08. The smallest absolute Gasteiger partial charge is 0.466 e. The molecule has 0 unspecified atom stereocenters. The lowest BCUT2D eigenvalue weighted by Gasteiger charge is -2.39. The SMILES string of the molecule is COc1ccc(/C=C/C(=O)OC[C@H]2O[C@@H](S/C(Cc3c[nH]c4ccccc34)=N/OS(=O)(=O)O)[C@H](O)[C@@H](O)[C@@H]2O)cc1[O-]. The molecule has 14 nitrogen and oxygen atoms in total. The van der Waals surface area contributed by atoms with E-state index >= 15 is 0 Å². The lowest BCUT2D eigenvalue weighted by Crippen LogP contribution is -2.58. The molecule has 226 valence electrons. The molecule has 1 fully saturated rings. The maximum atomic E-state index is 12.3. The number of aromatic amines is 1. The van der Waals surface area contributed by atoms with Crippen molar-refractivity contribution in [1.29, 1.82) is 0 Å². The van der Waals surface area contributed by atoms with Crippen LogP contribution in [0.5, 0.6) is 11.5 Å². The molecule has 0 saturated carbocycles. The number of esters is 1. The Hall–Kier alpha value is -3.64. The Morgan fingerprint density at radius 3 is 2.64 bits per heavy atom. The van der Waals surface area contributed by atoms with Crippen molar-refractivity contribution in [3.63, 3.8) is 0 Å². The number of H-pyrrole nitrogens is 1. The van der Waals surface area contributed by atoms with E-state index in [1.54, 1.807) is 18.3 Å². The van der Waals surface area contributed by atoms with Gasteiger partial charge in [-0.25, -0.2) is 9.08 Å². The minimum absolute atomic E-state index is 0.0314. The minimum Gasteiger partial charge on any atom is -0.870 e. The van der Waals surface area contributed by atoms with Crippen LogP contribution >= 0.6 is 11.8 Å². The van der Waals surface area contributed by atoms with Gasteiger partial charge >= 0.3 is 16.4 Å². The summed E-state index contributed by atoms with van der Waals surface area (Å²) < 4.78 is 51.3. The maximum Gasteiger partial charge on any atom is 0.466 e. The Balaban J connectivity index is 1.44. The van der Waals surface area contributed by atoms with Gasteiger partial charge in [-0.1, -0.05) is 53.0 Å². The third kappa shape index (κ3) is 8.01. The summed E-state index contributed by atoms with van der Waals surface area (Å²) >= 11 is 0.675. The van der Waals surface area contributed by atoms with Crippen LogP contribution in [-0.4, -0.2) is 87.9 Å². The number of aliphatic hydroxyl groups is 3. The predicted molar refractivity (Wildman–Crippen MR) is 149 cm³/mol. The number of thioether (sulfide) groups is 1. The van der Waals surface area contributed by atoms with Crippen LogP contribution in [0.3, 0.4) is 0 Å². The Morgan fingerprint density at radius 2 is 1.93 bits per heavy atom. The third-order valence-corrected chi connectivity index (χ3v) is 7.54. The van der Waals surface area contributed by atoms with Crippen LogP contribution in [0, 0.1) is 0 Å². The van der Waals surface area contributed by atoms with Gasteiger partial charge in [0.1, 0.15) is 47.3 Å². The molecule has 42 heavy (non-hydrogen) atoms. The molecule has 0 radical (unpaired) electrons. The molecule has 2 aromatic carbocycles. The molecule has 0 spiro atoms. The molecular weight excluding hydrogens is 596 g/mol. The van der Waals surface area contributed by atoms with Crippen molar-refractivity contribution in [2.45, 2.75) is 36.3 Å². The first-order valence-electron chi connectivity index (χ1n) is 12.3. The highest BCUT2D eigenvalue weighted by Gasteiger charge is 2.45. The van der Waals surface area contributed by atoms with Crippen LogP contribution in [0.1, 0.15) is 11.1 Å². The first kappa shape index (κ1) is 31.3. The molecule has 1 aliphatic heterocycles. The quantitative estimate of drug-likeness (QED) is 0.0525. The normalized spacial score (nSPS) is 23.3. The van der Waals surface area contributed by atoms with Crippen molar-refractivity contribution >= 4 is 50.2 Å². The summed E-state index contributed by atoms with van der Waals surface area (Å²) in [6.07, 6.45) is -2.35. The van der Waals surface area contributed by atoms with Crippen LogP contribution in [0.4, 0.5) is 0 Å². The van der Waals surface area contributed by atoms with E-state index in [-0.39, 0.29) is 23.0 Å². The lowest BCUT2D eigenvalue weighted by molar-refractivity contribution is -0.270. The Bertz CT molecular complexity index is 1570. The van der Waals surface area contributed by atoms with Gasteiger partial charge in [-0.05, 0) is 29.3 Å². The van der Waals surface area contributed by atoms with Gasteiger partial charge in [0.15, 0.2) is 0 Å². The minimum atomic E-state index is -4.96. The fraction of sp³-hybridized carbons (Fsp3) is 0.308. The number of hydrogen-bond donors (Lipinski definition) is 5. The maximum absolute atomic E-state index is 12.3. The average molecular weight is 624 g/mol. The number of hydrogen-bond acceptors (Lipinski definition) is 13. The van der Waals surface area contributed by atoms with Crippen LogP contribution < -0.4 is 9.84 Å². The number of ether oxygens (including phenoxy) is 3. The fourth-order valence-corrected chi connectivity index (χ4v) is 5.40. The van der Waals surface area contributed by atoms with Gasteiger partial charge < -0.3 is 39.6 Å². The summed E-state index contributed by atoms with van der Waals surface area (Å²) in [7, 11) is -3.61.